The Hall–Kier alpha value is -2.52. The Bertz CT molecular complexity index is 744. The van der Waals surface area contributed by atoms with E-state index in [9.17, 15) is 36.2 Å². The minimum atomic E-state index is -3.12. The van der Waals surface area contributed by atoms with Crippen LogP contribution < -0.4 is 0 Å². The van der Waals surface area contributed by atoms with Gasteiger partial charge in [0, 0.05) is 12.6 Å². The van der Waals surface area contributed by atoms with Crippen LogP contribution in [0.5, 0.6) is 0 Å². The first-order valence-electron chi connectivity index (χ1n) is 5.97. The molecule has 1 aliphatic rings. The van der Waals surface area contributed by atoms with Gasteiger partial charge in [0.2, 0.25) is 0 Å². The molecule has 1 fully saturated rings. The fraction of sp³-hybridized carbons (Fsp3) is 0.231. The number of aliphatic imine (C=N–C) groups is 1. The largest absolute Gasteiger partial charge is 0.506 e. The molecule has 0 radical (unpaired) electrons. The monoisotopic (exact) mass is 339 g/mol. The highest BCUT2D eigenvalue weighted by Crippen LogP contribution is 2.44. The second-order valence-corrected chi connectivity index (χ2v) is 4.67. The van der Waals surface area contributed by atoms with Gasteiger partial charge >= 0.3 is 5.97 Å². The summed E-state index contributed by atoms with van der Waals surface area (Å²) >= 11 is 0. The normalized spacial score (nSPS) is 20.5. The Morgan fingerprint density at radius 3 is 2.22 bits per heavy atom. The molecule has 0 spiro atoms. The first-order valence-corrected chi connectivity index (χ1v) is 5.97. The van der Waals surface area contributed by atoms with Crippen LogP contribution >= 0.6 is 0 Å². The molecule has 124 valence electrons. The van der Waals surface area contributed by atoms with Crippen LogP contribution in [0.25, 0.3) is 5.76 Å². The number of halogens is 6. The van der Waals surface area contributed by atoms with Crippen LogP contribution in [0.3, 0.4) is 0 Å². The highest BCUT2D eigenvalue weighted by molar-refractivity contribution is 6.14. The lowest BCUT2D eigenvalue weighted by atomic mass is 10.1. The number of aliphatic hydroxyl groups is 1. The van der Waals surface area contributed by atoms with Crippen molar-refractivity contribution in [1.29, 1.82) is 0 Å². The minimum absolute atomic E-state index is 0.0333. The van der Waals surface area contributed by atoms with Crippen LogP contribution in [0.1, 0.15) is 12.0 Å². The topological polar surface area (TPSA) is 69.9 Å². The number of rotatable bonds is 4. The molecule has 2 N–H and O–H groups in total. The van der Waals surface area contributed by atoms with E-state index in [0.29, 0.717) is 6.21 Å². The molecule has 1 aliphatic carbocycles. The van der Waals surface area contributed by atoms with Crippen molar-refractivity contribution in [2.24, 2.45) is 4.99 Å². The van der Waals surface area contributed by atoms with Gasteiger partial charge in [-0.05, 0) is 6.07 Å². The van der Waals surface area contributed by atoms with Gasteiger partial charge in [-0.2, -0.15) is 0 Å². The van der Waals surface area contributed by atoms with Gasteiger partial charge < -0.3 is 10.2 Å². The molecule has 23 heavy (non-hydrogen) atoms. The van der Waals surface area contributed by atoms with Crippen molar-refractivity contribution >= 4 is 17.9 Å². The molecule has 0 bridgehead atoms. The number of hydrogen-bond donors (Lipinski definition) is 2. The number of carbonyl (C=O) groups is 1. The lowest BCUT2D eigenvalue weighted by molar-refractivity contribution is -0.132. The molecule has 0 saturated heterocycles. The van der Waals surface area contributed by atoms with Crippen molar-refractivity contribution in [3.05, 3.63) is 40.5 Å². The molecule has 0 heterocycles. The average Bonchev–Trinajstić information content (AvgIpc) is 3.07. The van der Waals surface area contributed by atoms with Gasteiger partial charge in [0.25, 0.3) is 5.92 Å². The predicted molar refractivity (Wildman–Crippen MR) is 65.3 cm³/mol. The van der Waals surface area contributed by atoms with Gasteiger partial charge in [-0.3, -0.25) is 4.99 Å². The molecule has 1 aromatic rings. The van der Waals surface area contributed by atoms with E-state index in [1.165, 1.54) is 0 Å². The van der Waals surface area contributed by atoms with Crippen LogP contribution in [0.4, 0.5) is 26.3 Å². The van der Waals surface area contributed by atoms with E-state index in [4.69, 9.17) is 5.11 Å². The highest BCUT2D eigenvalue weighted by atomic mass is 19.3. The predicted octanol–water partition coefficient (Wildman–Crippen LogP) is 3.08. The third kappa shape index (κ3) is 3.15. The van der Waals surface area contributed by atoms with Gasteiger partial charge in [0.05, 0.1) is 5.56 Å². The zero-order valence-electron chi connectivity index (χ0n) is 11.0. The molecule has 10 heteroatoms. The van der Waals surface area contributed by atoms with Crippen LogP contribution in [0, 0.1) is 23.3 Å². The molecule has 1 atom stereocenters. The van der Waals surface area contributed by atoms with E-state index in [1.807, 2.05) is 0 Å². The summed E-state index contributed by atoms with van der Waals surface area (Å²) in [6, 6.07) is -1.47. The van der Waals surface area contributed by atoms with E-state index in [0.717, 1.165) is 0 Å². The second kappa shape index (κ2) is 5.60. The number of aliphatic carboxylic acids is 1. The van der Waals surface area contributed by atoms with Gasteiger partial charge in [-0.25, -0.2) is 31.1 Å². The smallest absolute Gasteiger partial charge is 0.341 e. The number of carboxylic acids is 1. The van der Waals surface area contributed by atoms with Gasteiger partial charge in [-0.15, -0.1) is 0 Å². The summed E-state index contributed by atoms with van der Waals surface area (Å²) in [7, 11) is 0. The fourth-order valence-corrected chi connectivity index (χ4v) is 1.63. The standard InChI is InChI=1S/C13H7F6NO3/c14-6-1-4(8(15)10(17)9(6)16)11(21)5(12(22)23)3-20-7-2-13(7,18)19/h1,3,7,21H,2H2,(H,22,23). The Balaban J connectivity index is 2.50. The number of alkyl halides is 2. The minimum Gasteiger partial charge on any atom is -0.506 e. The fourth-order valence-electron chi connectivity index (χ4n) is 1.63. The van der Waals surface area contributed by atoms with E-state index in [1.54, 1.807) is 0 Å². The lowest BCUT2D eigenvalue weighted by Gasteiger charge is -2.07. The maximum Gasteiger partial charge on any atom is 0.341 e. The van der Waals surface area contributed by atoms with Crippen molar-refractivity contribution in [3.63, 3.8) is 0 Å². The third-order valence-corrected chi connectivity index (χ3v) is 3.02. The Labute approximate surface area is 124 Å². The summed E-state index contributed by atoms with van der Waals surface area (Å²) in [5.74, 6) is -14.8. The third-order valence-electron chi connectivity index (χ3n) is 3.02. The summed E-state index contributed by atoms with van der Waals surface area (Å²) in [5.41, 5.74) is -2.47. The maximum absolute atomic E-state index is 13.5. The van der Waals surface area contributed by atoms with Crippen molar-refractivity contribution in [1.82, 2.24) is 0 Å². The van der Waals surface area contributed by atoms with Crippen molar-refractivity contribution in [2.75, 3.05) is 0 Å². The Kier molecular flexibility index (Phi) is 4.10. The van der Waals surface area contributed by atoms with E-state index >= 15 is 0 Å². The first kappa shape index (κ1) is 16.8. The van der Waals surface area contributed by atoms with E-state index < -0.39 is 64.5 Å². The molecule has 0 amide bonds. The quantitative estimate of drug-likeness (QED) is 0.221. The number of benzene rings is 1. The summed E-state index contributed by atoms with van der Waals surface area (Å²) < 4.78 is 77.8. The summed E-state index contributed by atoms with van der Waals surface area (Å²) in [6.45, 7) is 0. The molecule has 0 aromatic heterocycles. The van der Waals surface area contributed by atoms with Gasteiger partial charge in [0.1, 0.15) is 17.4 Å². The summed E-state index contributed by atoms with van der Waals surface area (Å²) in [5, 5.41) is 18.5. The molecule has 1 saturated carbocycles. The molecular weight excluding hydrogens is 332 g/mol. The van der Waals surface area contributed by atoms with Gasteiger partial charge in [0.15, 0.2) is 23.3 Å². The zero-order valence-corrected chi connectivity index (χ0v) is 11.0. The van der Waals surface area contributed by atoms with Crippen LogP contribution in [0.2, 0.25) is 0 Å². The number of carboxylic acid groups (broad SMARTS) is 1. The molecule has 2 rings (SSSR count). The summed E-state index contributed by atoms with van der Waals surface area (Å²) in [4.78, 5) is 14.2. The Morgan fingerprint density at radius 1 is 1.17 bits per heavy atom. The van der Waals surface area contributed by atoms with Crippen molar-refractivity contribution < 1.29 is 41.4 Å². The SMILES string of the molecule is O=C(O)C(C=NC1CC1(F)F)=C(O)c1cc(F)c(F)c(F)c1F. The average molecular weight is 339 g/mol. The van der Waals surface area contributed by atoms with Crippen molar-refractivity contribution in [3.8, 4) is 0 Å². The van der Waals surface area contributed by atoms with Crippen LogP contribution in [0.15, 0.2) is 16.6 Å². The lowest BCUT2D eigenvalue weighted by Crippen LogP contribution is -2.09. The first-order chi connectivity index (χ1) is 10.6. The van der Waals surface area contributed by atoms with E-state index in [-0.39, 0.29) is 6.07 Å². The molecule has 1 unspecified atom stereocenters. The summed E-state index contributed by atoms with van der Waals surface area (Å²) in [6.07, 6.45) is -0.312. The maximum atomic E-state index is 13.5. The van der Waals surface area contributed by atoms with E-state index in [2.05, 4.69) is 4.99 Å². The number of hydrogen-bond acceptors (Lipinski definition) is 3. The molecule has 1 aromatic carbocycles. The van der Waals surface area contributed by atoms with Crippen LogP contribution in [-0.2, 0) is 4.79 Å². The van der Waals surface area contributed by atoms with Crippen LogP contribution in [-0.4, -0.2) is 34.4 Å². The highest BCUT2D eigenvalue weighted by Gasteiger charge is 2.57. The second-order valence-electron chi connectivity index (χ2n) is 4.67. The zero-order chi connectivity index (χ0) is 17.5. The molecule has 0 aliphatic heterocycles. The van der Waals surface area contributed by atoms with Crippen molar-refractivity contribution in [2.45, 2.75) is 18.4 Å². The molecular formula is C13H7F6NO3. The van der Waals surface area contributed by atoms with Gasteiger partial charge in [-0.1, -0.05) is 0 Å². The molecule has 4 nitrogen and oxygen atoms in total. The Morgan fingerprint density at radius 2 is 1.74 bits per heavy atom. The number of aliphatic hydroxyl groups excluding tert-OH is 1. The number of nitrogens with zero attached hydrogens (tertiary/aromatic N) is 1.